The van der Waals surface area contributed by atoms with E-state index >= 15 is 0 Å². The number of rotatable bonds is 13. The number of carbonyl (C=O) groups is 2. The van der Waals surface area contributed by atoms with E-state index in [1.54, 1.807) is 11.8 Å². The van der Waals surface area contributed by atoms with Gasteiger partial charge in [-0.25, -0.2) is 0 Å². The third kappa shape index (κ3) is 8.40. The zero-order valence-electron chi connectivity index (χ0n) is 21.5. The van der Waals surface area contributed by atoms with Gasteiger partial charge in [-0.05, 0) is 63.3 Å². The largest absolute Gasteiger partial charge is 0.490 e. The van der Waals surface area contributed by atoms with Gasteiger partial charge in [0.05, 0.1) is 13.2 Å². The van der Waals surface area contributed by atoms with Crippen molar-refractivity contribution in [1.29, 1.82) is 0 Å². The van der Waals surface area contributed by atoms with Crippen molar-refractivity contribution < 1.29 is 19.1 Å². The molecule has 186 valence electrons. The first-order valence-electron chi connectivity index (χ1n) is 12.3. The van der Waals surface area contributed by atoms with E-state index in [0.29, 0.717) is 56.6 Å². The Balaban J connectivity index is 2.17. The normalized spacial score (nSPS) is 11.7. The molecule has 2 aromatic carbocycles. The SMILES string of the molecule is CCOc1ccc(CCC(=O)N(Cc2cccc(C)c2)[C@@H](C)C(=O)NCC(C)C)cc1OCC. The molecule has 0 aliphatic rings. The van der Waals surface area contributed by atoms with Crippen LogP contribution in [0.15, 0.2) is 42.5 Å². The van der Waals surface area contributed by atoms with Gasteiger partial charge in [0, 0.05) is 19.5 Å². The fraction of sp³-hybridized carbons (Fsp3) is 0.500. The first-order valence-corrected chi connectivity index (χ1v) is 12.3. The third-order valence-electron chi connectivity index (χ3n) is 5.52. The van der Waals surface area contributed by atoms with Crippen LogP contribution >= 0.6 is 0 Å². The van der Waals surface area contributed by atoms with Crippen molar-refractivity contribution >= 4 is 11.8 Å². The molecule has 2 aromatic rings. The van der Waals surface area contributed by atoms with Crippen LogP contribution in [0.4, 0.5) is 0 Å². The van der Waals surface area contributed by atoms with Crippen LogP contribution in [-0.2, 0) is 22.6 Å². The maximum absolute atomic E-state index is 13.4. The number of nitrogens with one attached hydrogen (secondary N) is 1. The molecule has 0 saturated heterocycles. The van der Waals surface area contributed by atoms with Crippen LogP contribution in [0, 0.1) is 12.8 Å². The number of benzene rings is 2. The second-order valence-electron chi connectivity index (χ2n) is 8.97. The third-order valence-corrected chi connectivity index (χ3v) is 5.52. The van der Waals surface area contributed by atoms with Gasteiger partial charge in [-0.15, -0.1) is 0 Å². The average molecular weight is 469 g/mol. The lowest BCUT2D eigenvalue weighted by molar-refractivity contribution is -0.140. The Morgan fingerprint density at radius 1 is 0.941 bits per heavy atom. The Hall–Kier alpha value is -3.02. The molecular weight excluding hydrogens is 428 g/mol. The Morgan fingerprint density at radius 2 is 1.65 bits per heavy atom. The Morgan fingerprint density at radius 3 is 2.29 bits per heavy atom. The summed E-state index contributed by atoms with van der Waals surface area (Å²) in [7, 11) is 0. The highest BCUT2D eigenvalue weighted by molar-refractivity contribution is 5.87. The van der Waals surface area contributed by atoms with Gasteiger partial charge in [0.2, 0.25) is 11.8 Å². The van der Waals surface area contributed by atoms with Crippen molar-refractivity contribution in [2.24, 2.45) is 5.92 Å². The molecular formula is C28H40N2O4. The van der Waals surface area contributed by atoms with Crippen molar-refractivity contribution in [3.63, 3.8) is 0 Å². The summed E-state index contributed by atoms with van der Waals surface area (Å²) in [5.74, 6) is 1.55. The van der Waals surface area contributed by atoms with Crippen LogP contribution in [-0.4, -0.2) is 42.5 Å². The number of hydrogen-bond acceptors (Lipinski definition) is 4. The number of carbonyl (C=O) groups excluding carboxylic acids is 2. The molecule has 2 rings (SSSR count). The lowest BCUT2D eigenvalue weighted by atomic mass is 10.1. The second kappa shape index (κ2) is 13.6. The Bertz CT molecular complexity index is 942. The number of aryl methyl sites for hydroxylation is 2. The van der Waals surface area contributed by atoms with E-state index in [9.17, 15) is 9.59 Å². The molecule has 0 aliphatic carbocycles. The minimum absolute atomic E-state index is 0.0550. The van der Waals surface area contributed by atoms with Crippen LogP contribution in [0.25, 0.3) is 0 Å². The van der Waals surface area contributed by atoms with Crippen molar-refractivity contribution in [2.45, 2.75) is 67.0 Å². The Kier molecular flexibility index (Phi) is 10.9. The summed E-state index contributed by atoms with van der Waals surface area (Å²) in [5.41, 5.74) is 3.13. The number of hydrogen-bond donors (Lipinski definition) is 1. The molecule has 0 saturated carbocycles. The molecule has 0 bridgehead atoms. The fourth-order valence-electron chi connectivity index (χ4n) is 3.69. The minimum atomic E-state index is -0.564. The highest BCUT2D eigenvalue weighted by Crippen LogP contribution is 2.29. The summed E-state index contributed by atoms with van der Waals surface area (Å²) in [5, 5.41) is 2.96. The molecule has 0 heterocycles. The van der Waals surface area contributed by atoms with Crippen molar-refractivity contribution in [3.05, 3.63) is 59.2 Å². The zero-order chi connectivity index (χ0) is 25.1. The number of amides is 2. The molecule has 0 spiro atoms. The van der Waals surface area contributed by atoms with Gasteiger partial charge < -0.3 is 19.7 Å². The molecule has 34 heavy (non-hydrogen) atoms. The molecule has 0 aliphatic heterocycles. The summed E-state index contributed by atoms with van der Waals surface area (Å²) >= 11 is 0. The smallest absolute Gasteiger partial charge is 0.242 e. The van der Waals surface area contributed by atoms with Gasteiger partial charge >= 0.3 is 0 Å². The summed E-state index contributed by atoms with van der Waals surface area (Å²) in [6, 6.07) is 13.3. The maximum atomic E-state index is 13.4. The van der Waals surface area contributed by atoms with E-state index in [-0.39, 0.29) is 11.8 Å². The quantitative estimate of drug-likeness (QED) is 0.453. The van der Waals surface area contributed by atoms with Crippen molar-refractivity contribution in [2.75, 3.05) is 19.8 Å². The van der Waals surface area contributed by atoms with Crippen molar-refractivity contribution in [3.8, 4) is 11.5 Å². The van der Waals surface area contributed by atoms with Crippen LogP contribution in [0.1, 0.15) is 57.7 Å². The molecule has 6 nitrogen and oxygen atoms in total. The second-order valence-corrected chi connectivity index (χ2v) is 8.97. The lowest BCUT2D eigenvalue weighted by Gasteiger charge is -2.29. The van der Waals surface area contributed by atoms with E-state index in [1.807, 2.05) is 71.0 Å². The number of nitrogens with zero attached hydrogens (tertiary/aromatic N) is 1. The molecule has 2 amide bonds. The van der Waals surface area contributed by atoms with Gasteiger partial charge in [0.15, 0.2) is 11.5 Å². The predicted octanol–water partition coefficient (Wildman–Crippen LogP) is 4.91. The summed E-state index contributed by atoms with van der Waals surface area (Å²) in [6.45, 7) is 13.9. The molecule has 0 radical (unpaired) electrons. The first-order chi connectivity index (χ1) is 16.2. The van der Waals surface area contributed by atoms with Crippen LogP contribution in [0.2, 0.25) is 0 Å². The minimum Gasteiger partial charge on any atom is -0.490 e. The molecule has 0 fully saturated rings. The fourth-order valence-corrected chi connectivity index (χ4v) is 3.69. The first kappa shape index (κ1) is 27.2. The van der Waals surface area contributed by atoms with Gasteiger partial charge in [0.1, 0.15) is 6.04 Å². The Labute approximate surface area is 204 Å². The van der Waals surface area contributed by atoms with Crippen LogP contribution < -0.4 is 14.8 Å². The zero-order valence-corrected chi connectivity index (χ0v) is 21.5. The van der Waals surface area contributed by atoms with E-state index in [4.69, 9.17) is 9.47 Å². The summed E-state index contributed by atoms with van der Waals surface area (Å²) in [6.07, 6.45) is 0.850. The lowest BCUT2D eigenvalue weighted by Crippen LogP contribution is -2.48. The highest BCUT2D eigenvalue weighted by atomic mass is 16.5. The summed E-state index contributed by atoms with van der Waals surface area (Å²) < 4.78 is 11.4. The molecule has 6 heteroatoms. The van der Waals surface area contributed by atoms with Gasteiger partial charge in [-0.3, -0.25) is 9.59 Å². The van der Waals surface area contributed by atoms with E-state index < -0.39 is 6.04 Å². The maximum Gasteiger partial charge on any atom is 0.242 e. The molecule has 0 unspecified atom stereocenters. The predicted molar refractivity (Wildman–Crippen MR) is 136 cm³/mol. The van der Waals surface area contributed by atoms with Gasteiger partial charge in [-0.1, -0.05) is 49.7 Å². The standard InChI is InChI=1S/C28H40N2O4/c1-7-33-25-14-12-23(17-26(25)34-8-2)13-15-27(31)30(19-24-11-9-10-21(5)16-24)22(6)28(32)29-18-20(3)4/h9-12,14,16-17,20,22H,7-8,13,15,18-19H2,1-6H3,(H,29,32)/t22-/m0/s1. The van der Waals surface area contributed by atoms with Gasteiger partial charge in [0.25, 0.3) is 0 Å². The van der Waals surface area contributed by atoms with E-state index in [0.717, 1.165) is 16.7 Å². The van der Waals surface area contributed by atoms with Crippen molar-refractivity contribution in [1.82, 2.24) is 10.2 Å². The van der Waals surface area contributed by atoms with Crippen LogP contribution in [0.5, 0.6) is 11.5 Å². The number of ether oxygens (including phenoxy) is 2. The summed E-state index contributed by atoms with van der Waals surface area (Å²) in [4.78, 5) is 27.8. The average Bonchev–Trinajstić information content (AvgIpc) is 2.80. The molecule has 1 atom stereocenters. The van der Waals surface area contributed by atoms with E-state index in [2.05, 4.69) is 11.4 Å². The highest BCUT2D eigenvalue weighted by Gasteiger charge is 2.26. The topological polar surface area (TPSA) is 67.9 Å². The van der Waals surface area contributed by atoms with Crippen LogP contribution in [0.3, 0.4) is 0 Å². The van der Waals surface area contributed by atoms with E-state index in [1.165, 1.54) is 0 Å². The molecule has 0 aromatic heterocycles. The molecule has 1 N–H and O–H groups in total. The monoisotopic (exact) mass is 468 g/mol. The van der Waals surface area contributed by atoms with Gasteiger partial charge in [-0.2, -0.15) is 0 Å².